The lowest BCUT2D eigenvalue weighted by Crippen LogP contribution is -2.06. The van der Waals surface area contributed by atoms with Crippen molar-refractivity contribution < 1.29 is 13.6 Å². The summed E-state index contributed by atoms with van der Waals surface area (Å²) in [6.07, 6.45) is 0. The first-order valence-electron chi connectivity index (χ1n) is 6.15. The average molecular weight is 292 g/mol. The van der Waals surface area contributed by atoms with Crippen molar-refractivity contribution in [3.05, 3.63) is 64.7 Å². The SMILES string of the molecule is Cc1ccc(SCC(=O)c2cc(F)ccc2F)c(C)c1. The van der Waals surface area contributed by atoms with Gasteiger partial charge in [0.1, 0.15) is 11.6 Å². The van der Waals surface area contributed by atoms with Crippen molar-refractivity contribution in [2.75, 3.05) is 5.75 Å². The van der Waals surface area contributed by atoms with E-state index < -0.39 is 17.4 Å². The molecule has 0 amide bonds. The molecule has 20 heavy (non-hydrogen) atoms. The maximum absolute atomic E-state index is 13.5. The molecule has 2 aromatic carbocycles. The average Bonchev–Trinajstić information content (AvgIpc) is 2.40. The zero-order chi connectivity index (χ0) is 14.7. The van der Waals surface area contributed by atoms with E-state index in [1.807, 2.05) is 32.0 Å². The van der Waals surface area contributed by atoms with Crippen molar-refractivity contribution >= 4 is 17.5 Å². The number of aryl methyl sites for hydroxylation is 2. The van der Waals surface area contributed by atoms with Crippen LogP contribution in [-0.2, 0) is 0 Å². The first kappa shape index (κ1) is 14.7. The maximum atomic E-state index is 13.5. The maximum Gasteiger partial charge on any atom is 0.176 e. The molecule has 0 bridgehead atoms. The Morgan fingerprint density at radius 1 is 1.10 bits per heavy atom. The molecule has 1 nitrogen and oxygen atoms in total. The van der Waals surface area contributed by atoms with E-state index in [2.05, 4.69) is 0 Å². The van der Waals surface area contributed by atoms with E-state index in [-0.39, 0.29) is 11.3 Å². The van der Waals surface area contributed by atoms with Crippen LogP contribution in [0, 0.1) is 25.5 Å². The van der Waals surface area contributed by atoms with Gasteiger partial charge in [0.05, 0.1) is 11.3 Å². The van der Waals surface area contributed by atoms with Crippen LogP contribution >= 0.6 is 11.8 Å². The molecule has 4 heteroatoms. The highest BCUT2D eigenvalue weighted by atomic mass is 32.2. The van der Waals surface area contributed by atoms with Crippen LogP contribution in [0.4, 0.5) is 8.78 Å². The van der Waals surface area contributed by atoms with Crippen LogP contribution in [0.15, 0.2) is 41.3 Å². The fourth-order valence-electron chi connectivity index (χ4n) is 1.89. The van der Waals surface area contributed by atoms with Gasteiger partial charge in [-0.15, -0.1) is 11.8 Å². The number of benzene rings is 2. The minimum Gasteiger partial charge on any atom is -0.293 e. The fraction of sp³-hybridized carbons (Fsp3) is 0.188. The van der Waals surface area contributed by atoms with Crippen LogP contribution < -0.4 is 0 Å². The fourth-order valence-corrected chi connectivity index (χ4v) is 2.79. The minimum atomic E-state index is -0.683. The molecular weight excluding hydrogens is 278 g/mol. The summed E-state index contributed by atoms with van der Waals surface area (Å²) in [5.74, 6) is -1.61. The van der Waals surface area contributed by atoms with Crippen molar-refractivity contribution in [1.29, 1.82) is 0 Å². The molecule has 0 saturated heterocycles. The third kappa shape index (κ3) is 3.45. The monoisotopic (exact) mass is 292 g/mol. The zero-order valence-electron chi connectivity index (χ0n) is 11.2. The summed E-state index contributed by atoms with van der Waals surface area (Å²) < 4.78 is 26.5. The van der Waals surface area contributed by atoms with Crippen LogP contribution in [0.1, 0.15) is 21.5 Å². The van der Waals surface area contributed by atoms with Gasteiger partial charge in [-0.3, -0.25) is 4.79 Å². The van der Waals surface area contributed by atoms with Crippen molar-refractivity contribution in [1.82, 2.24) is 0 Å². The van der Waals surface area contributed by atoms with E-state index >= 15 is 0 Å². The molecule has 104 valence electrons. The van der Waals surface area contributed by atoms with Gasteiger partial charge in [-0.25, -0.2) is 8.78 Å². The van der Waals surface area contributed by atoms with Gasteiger partial charge in [-0.05, 0) is 43.7 Å². The molecule has 0 aliphatic rings. The molecule has 0 aliphatic carbocycles. The molecule has 0 aliphatic heterocycles. The van der Waals surface area contributed by atoms with Gasteiger partial charge >= 0.3 is 0 Å². The largest absolute Gasteiger partial charge is 0.293 e. The second-order valence-corrected chi connectivity index (χ2v) is 5.62. The van der Waals surface area contributed by atoms with Crippen LogP contribution in [0.3, 0.4) is 0 Å². The Kier molecular flexibility index (Phi) is 4.55. The molecule has 0 saturated carbocycles. The van der Waals surface area contributed by atoms with Gasteiger partial charge in [0.15, 0.2) is 5.78 Å². The number of carbonyl (C=O) groups is 1. The van der Waals surface area contributed by atoms with E-state index in [4.69, 9.17) is 0 Å². The van der Waals surface area contributed by atoms with Gasteiger partial charge in [-0.2, -0.15) is 0 Å². The molecular formula is C16H14F2OS. The molecule has 0 heterocycles. The number of carbonyl (C=O) groups excluding carboxylic acids is 1. The normalized spacial score (nSPS) is 10.6. The summed E-state index contributed by atoms with van der Waals surface area (Å²) in [4.78, 5) is 12.9. The first-order chi connectivity index (χ1) is 9.47. The lowest BCUT2D eigenvalue weighted by atomic mass is 10.1. The molecule has 0 fully saturated rings. The van der Waals surface area contributed by atoms with E-state index in [0.717, 1.165) is 34.2 Å². The number of hydrogen-bond acceptors (Lipinski definition) is 2. The third-order valence-electron chi connectivity index (χ3n) is 2.92. The van der Waals surface area contributed by atoms with Gasteiger partial charge in [0.2, 0.25) is 0 Å². The molecule has 0 atom stereocenters. The topological polar surface area (TPSA) is 17.1 Å². The smallest absolute Gasteiger partial charge is 0.176 e. The molecule has 2 aromatic rings. The summed E-state index contributed by atoms with van der Waals surface area (Å²) in [6, 6.07) is 8.84. The first-order valence-corrected chi connectivity index (χ1v) is 7.14. The number of hydrogen-bond donors (Lipinski definition) is 0. The Bertz CT molecular complexity index is 653. The quantitative estimate of drug-likeness (QED) is 0.607. The Balaban J connectivity index is 2.10. The molecule has 0 spiro atoms. The number of thioether (sulfide) groups is 1. The van der Waals surface area contributed by atoms with Gasteiger partial charge in [0, 0.05) is 4.90 Å². The second-order valence-electron chi connectivity index (χ2n) is 4.60. The molecule has 0 radical (unpaired) electrons. The Hall–Kier alpha value is -1.68. The summed E-state index contributed by atoms with van der Waals surface area (Å²) >= 11 is 1.33. The van der Waals surface area contributed by atoms with E-state index in [1.165, 1.54) is 11.8 Å². The number of ketones is 1. The Morgan fingerprint density at radius 2 is 1.85 bits per heavy atom. The Morgan fingerprint density at radius 3 is 2.55 bits per heavy atom. The summed E-state index contributed by atoms with van der Waals surface area (Å²) in [5.41, 5.74) is 2.03. The van der Waals surface area contributed by atoms with Crippen LogP contribution in [0.25, 0.3) is 0 Å². The standard InChI is InChI=1S/C16H14F2OS/c1-10-3-6-16(11(2)7-10)20-9-15(19)13-8-12(17)4-5-14(13)18/h3-8H,9H2,1-2H3. The van der Waals surface area contributed by atoms with Gasteiger partial charge in [0.25, 0.3) is 0 Å². The predicted molar refractivity (Wildman–Crippen MR) is 77.3 cm³/mol. The molecule has 0 unspecified atom stereocenters. The van der Waals surface area contributed by atoms with Crippen LogP contribution in [0.5, 0.6) is 0 Å². The Labute approximate surface area is 121 Å². The van der Waals surface area contributed by atoms with E-state index in [0.29, 0.717) is 0 Å². The highest BCUT2D eigenvalue weighted by Gasteiger charge is 2.13. The van der Waals surface area contributed by atoms with Gasteiger partial charge < -0.3 is 0 Å². The van der Waals surface area contributed by atoms with Crippen LogP contribution in [0.2, 0.25) is 0 Å². The minimum absolute atomic E-state index is 0.0876. The summed E-state index contributed by atoms with van der Waals surface area (Å²) in [6.45, 7) is 3.96. The van der Waals surface area contributed by atoms with Crippen molar-refractivity contribution in [2.45, 2.75) is 18.7 Å². The highest BCUT2D eigenvalue weighted by Crippen LogP contribution is 2.24. The van der Waals surface area contributed by atoms with Crippen LogP contribution in [-0.4, -0.2) is 11.5 Å². The lowest BCUT2D eigenvalue weighted by molar-refractivity contribution is 0.101. The number of Topliss-reactive ketones (excluding diaryl/α,β-unsaturated/α-hetero) is 1. The summed E-state index contributed by atoms with van der Waals surface area (Å²) in [7, 11) is 0. The predicted octanol–water partition coefficient (Wildman–Crippen LogP) is 4.56. The van der Waals surface area contributed by atoms with Gasteiger partial charge in [-0.1, -0.05) is 17.7 Å². The summed E-state index contributed by atoms with van der Waals surface area (Å²) in [5, 5.41) is 0. The van der Waals surface area contributed by atoms with Crippen molar-refractivity contribution in [3.63, 3.8) is 0 Å². The highest BCUT2D eigenvalue weighted by molar-refractivity contribution is 8.00. The lowest BCUT2D eigenvalue weighted by Gasteiger charge is -2.07. The number of halogens is 2. The zero-order valence-corrected chi connectivity index (χ0v) is 12.1. The molecule has 2 rings (SSSR count). The number of rotatable bonds is 4. The van der Waals surface area contributed by atoms with Crippen molar-refractivity contribution in [2.24, 2.45) is 0 Å². The van der Waals surface area contributed by atoms with E-state index in [9.17, 15) is 13.6 Å². The second kappa shape index (κ2) is 6.18. The van der Waals surface area contributed by atoms with Crippen molar-refractivity contribution in [3.8, 4) is 0 Å². The third-order valence-corrected chi connectivity index (χ3v) is 4.09. The molecule has 0 aromatic heterocycles. The molecule has 0 N–H and O–H groups in total. The van der Waals surface area contributed by atoms with E-state index in [1.54, 1.807) is 0 Å².